The minimum atomic E-state index is -0.810. The lowest BCUT2D eigenvalue weighted by Gasteiger charge is -2.11. The summed E-state index contributed by atoms with van der Waals surface area (Å²) in [6, 6.07) is 11.8. The largest absolute Gasteiger partial charge is 0.309 e. The number of para-hydroxylation sites is 2. The molecule has 8 aromatic carbocycles. The van der Waals surface area contributed by atoms with Crippen LogP contribution < -0.4 is 0 Å². The van der Waals surface area contributed by atoms with Crippen molar-refractivity contribution in [2.24, 2.45) is 0 Å². The highest BCUT2D eigenvalue weighted by molar-refractivity contribution is 7.26. The first-order chi connectivity index (χ1) is 35.7. The molecule has 0 saturated carbocycles. The van der Waals surface area contributed by atoms with E-state index in [0.717, 1.165) is 38.2 Å². The highest BCUT2D eigenvalue weighted by atomic mass is 32.1. The van der Waals surface area contributed by atoms with Crippen molar-refractivity contribution >= 4 is 53.3 Å². The summed E-state index contributed by atoms with van der Waals surface area (Å²) < 4.78 is 170. The third kappa shape index (κ3) is 5.48. The first-order valence-electron chi connectivity index (χ1n) is 26.7. The van der Waals surface area contributed by atoms with Gasteiger partial charge in [-0.25, -0.2) is 15.0 Å². The van der Waals surface area contributed by atoms with Crippen LogP contribution in [0.5, 0.6) is 0 Å². The average Bonchev–Trinajstić information content (AvgIpc) is 4.05. The molecular weight excluding hydrogens is 701 g/mol. The van der Waals surface area contributed by atoms with Crippen LogP contribution in [0.1, 0.15) is 26.0 Å². The number of thiophene rings is 1. The van der Waals surface area contributed by atoms with Crippen molar-refractivity contribution in [3.05, 3.63) is 194 Å². The van der Waals surface area contributed by atoms with E-state index in [4.69, 9.17) is 35.5 Å². The van der Waals surface area contributed by atoms with Crippen molar-refractivity contribution in [2.45, 2.75) is 0 Å². The summed E-state index contributed by atoms with van der Waals surface area (Å²) in [5.74, 6) is -0.983. The molecule has 0 atom stereocenters. The molecule has 11 rings (SSSR count). The van der Waals surface area contributed by atoms with Gasteiger partial charge in [-0.3, -0.25) is 0 Å². The standard InChI is InChI=1S/C51H32N4S/c1-3-13-33(14-4-1)36-15-11-16-37(31-36)34-25-27-35(28-26-34)49-52-50(54-51(53-49)44-22-12-21-43-42-20-8-10-24-47(42)56-48(43)44)38-29-30-41-40-19-7-9-23-45(40)55(46(41)32-38)39-17-5-2-6-18-39/h1-32H/i2D,5D,6D,7D,8D,9D,10D,12D,17D,18D,19D,20D,21D,22D,23D,24D,29D,30D,32D. The van der Waals surface area contributed by atoms with Gasteiger partial charge in [-0.2, -0.15) is 0 Å². The van der Waals surface area contributed by atoms with Gasteiger partial charge in [0, 0.05) is 53.3 Å². The predicted molar refractivity (Wildman–Crippen MR) is 234 cm³/mol. The fourth-order valence-corrected chi connectivity index (χ4v) is 7.80. The van der Waals surface area contributed by atoms with Crippen molar-refractivity contribution < 1.29 is 26.0 Å². The Bertz CT molecular complexity index is 4320. The van der Waals surface area contributed by atoms with Gasteiger partial charge in [-0.15, -0.1) is 11.3 Å². The Kier molecular flexibility index (Phi) is 4.36. The maximum Gasteiger partial charge on any atom is 0.165 e. The van der Waals surface area contributed by atoms with E-state index in [9.17, 15) is 5.48 Å². The molecule has 0 aliphatic heterocycles. The minimum absolute atomic E-state index is 0.0260. The maximum absolute atomic E-state index is 9.96. The Morgan fingerprint density at radius 1 is 0.429 bits per heavy atom. The molecule has 0 radical (unpaired) electrons. The van der Waals surface area contributed by atoms with Crippen molar-refractivity contribution in [3.63, 3.8) is 0 Å². The fourth-order valence-electron chi connectivity index (χ4n) is 6.74. The monoisotopic (exact) mass is 751 g/mol. The Morgan fingerprint density at radius 2 is 1.05 bits per heavy atom. The smallest absolute Gasteiger partial charge is 0.165 e. The quantitative estimate of drug-likeness (QED) is 0.170. The molecule has 0 amide bonds. The van der Waals surface area contributed by atoms with Crippen LogP contribution in [0, 0.1) is 0 Å². The Labute approximate surface area is 354 Å². The molecule has 11 aromatic rings. The molecule has 0 bridgehead atoms. The SMILES string of the molecule is [2H]c1c([2H])c([2H])c(-n2c3c([2H])c([2H])c([2H])c([2H])c3c3c([2H])c([2H])c(-c4nc(-c5ccc(-c6cccc(-c7ccccc7)c6)cc5)nc(-c5c([2H])c([2H])c([2H])c6c5sc5c([2H])c([2H])c([2H])c([2H])c56)n4)c([2H])c32)c([2H])c1[2H]. The predicted octanol–water partition coefficient (Wildman–Crippen LogP) is 13.7. The molecule has 0 aliphatic rings. The molecule has 0 fully saturated rings. The average molecular weight is 752 g/mol. The Hall–Kier alpha value is -7.21. The van der Waals surface area contributed by atoms with Gasteiger partial charge in [-0.1, -0.05) is 151 Å². The molecule has 3 heterocycles. The van der Waals surface area contributed by atoms with Gasteiger partial charge in [0.2, 0.25) is 0 Å². The summed E-state index contributed by atoms with van der Waals surface area (Å²) in [6.45, 7) is 0. The Balaban J connectivity index is 1.25. The third-order valence-corrected chi connectivity index (χ3v) is 10.5. The van der Waals surface area contributed by atoms with Crippen molar-refractivity contribution in [2.75, 3.05) is 0 Å². The van der Waals surface area contributed by atoms with Crippen LogP contribution in [-0.2, 0) is 0 Å². The lowest BCUT2D eigenvalue weighted by atomic mass is 9.98. The number of rotatable bonds is 6. The fraction of sp³-hybridized carbons (Fsp3) is 0. The molecular formula is C51H32N4S. The summed E-state index contributed by atoms with van der Waals surface area (Å²) in [7, 11) is 0. The summed E-state index contributed by atoms with van der Waals surface area (Å²) in [4.78, 5) is 14.3. The lowest BCUT2D eigenvalue weighted by molar-refractivity contribution is 1.08. The zero-order chi connectivity index (χ0) is 53.5. The van der Waals surface area contributed by atoms with E-state index in [1.807, 2.05) is 54.6 Å². The summed E-state index contributed by atoms with van der Waals surface area (Å²) in [6.07, 6.45) is 0. The van der Waals surface area contributed by atoms with E-state index in [0.29, 0.717) is 5.56 Å². The molecule has 0 spiro atoms. The molecule has 0 saturated heterocycles. The number of hydrogen-bond donors (Lipinski definition) is 0. The van der Waals surface area contributed by atoms with Crippen molar-refractivity contribution in [3.8, 4) is 62.1 Å². The van der Waals surface area contributed by atoms with Crippen LogP contribution in [0.2, 0.25) is 0 Å². The minimum Gasteiger partial charge on any atom is -0.309 e. The zero-order valence-corrected chi connectivity index (χ0v) is 29.5. The van der Waals surface area contributed by atoms with E-state index in [1.54, 1.807) is 24.3 Å². The number of hydrogen-bond acceptors (Lipinski definition) is 4. The van der Waals surface area contributed by atoms with E-state index in [-0.39, 0.29) is 48.2 Å². The van der Waals surface area contributed by atoms with Crippen LogP contribution in [-0.4, -0.2) is 19.5 Å². The summed E-state index contributed by atoms with van der Waals surface area (Å²) in [5, 5.41) is -0.896. The second kappa shape index (κ2) is 13.3. The lowest BCUT2D eigenvalue weighted by Crippen LogP contribution is -2.00. The van der Waals surface area contributed by atoms with E-state index in [1.165, 1.54) is 0 Å². The number of fused-ring (bicyclic) bond motifs is 6. The van der Waals surface area contributed by atoms with Crippen LogP contribution in [0.4, 0.5) is 0 Å². The zero-order valence-electron chi connectivity index (χ0n) is 47.7. The van der Waals surface area contributed by atoms with Gasteiger partial charge < -0.3 is 4.57 Å². The van der Waals surface area contributed by atoms with E-state index in [2.05, 4.69) is 0 Å². The van der Waals surface area contributed by atoms with Crippen LogP contribution >= 0.6 is 11.3 Å². The van der Waals surface area contributed by atoms with E-state index >= 15 is 0 Å². The molecule has 0 unspecified atom stereocenters. The van der Waals surface area contributed by atoms with Gasteiger partial charge in [0.25, 0.3) is 0 Å². The normalized spacial score (nSPS) is 16.3. The second-order valence-corrected chi connectivity index (χ2v) is 13.6. The molecule has 4 nitrogen and oxygen atoms in total. The van der Waals surface area contributed by atoms with Gasteiger partial charge >= 0.3 is 0 Å². The highest BCUT2D eigenvalue weighted by Gasteiger charge is 2.19. The van der Waals surface area contributed by atoms with Crippen LogP contribution in [0.15, 0.2) is 194 Å². The van der Waals surface area contributed by atoms with Crippen molar-refractivity contribution in [1.82, 2.24) is 19.5 Å². The number of nitrogens with zero attached hydrogens (tertiary/aromatic N) is 4. The Morgan fingerprint density at radius 3 is 1.88 bits per heavy atom. The first-order valence-corrected chi connectivity index (χ1v) is 18.0. The maximum atomic E-state index is 9.96. The third-order valence-electron chi connectivity index (χ3n) is 9.33. The molecule has 0 aliphatic carbocycles. The number of aromatic nitrogens is 4. The van der Waals surface area contributed by atoms with Gasteiger partial charge in [0.1, 0.15) is 0 Å². The van der Waals surface area contributed by atoms with Crippen LogP contribution in [0.3, 0.4) is 0 Å². The van der Waals surface area contributed by atoms with Gasteiger partial charge in [-0.05, 0) is 64.6 Å². The number of benzene rings is 8. The molecule has 3 aromatic heterocycles. The first kappa shape index (κ1) is 18.4. The topological polar surface area (TPSA) is 43.6 Å². The molecule has 0 N–H and O–H groups in total. The van der Waals surface area contributed by atoms with Gasteiger partial charge in [0.15, 0.2) is 17.5 Å². The molecule has 262 valence electrons. The van der Waals surface area contributed by atoms with Gasteiger partial charge in [0.05, 0.1) is 37.1 Å². The second-order valence-electron chi connectivity index (χ2n) is 12.6. The summed E-state index contributed by atoms with van der Waals surface area (Å²) >= 11 is 0.822. The molecule has 56 heavy (non-hydrogen) atoms. The molecule has 5 heteroatoms. The summed E-state index contributed by atoms with van der Waals surface area (Å²) in [5.41, 5.74) is 1.71. The van der Waals surface area contributed by atoms with Crippen molar-refractivity contribution in [1.29, 1.82) is 0 Å². The van der Waals surface area contributed by atoms with Crippen LogP contribution in [0.25, 0.3) is 104 Å². The van der Waals surface area contributed by atoms with E-state index < -0.39 is 143 Å². The highest BCUT2D eigenvalue weighted by Crippen LogP contribution is 2.40.